The number of nitrogens with one attached hydrogen (secondary N) is 2. The van der Waals surface area contributed by atoms with E-state index in [1.54, 1.807) is 30.5 Å². The van der Waals surface area contributed by atoms with Crippen molar-refractivity contribution in [1.29, 1.82) is 0 Å². The number of para-hydroxylation sites is 1. The number of hydrogen-bond donors (Lipinski definition) is 2. The van der Waals surface area contributed by atoms with Gasteiger partial charge < -0.3 is 15.1 Å². The molecule has 2 fully saturated rings. The maximum absolute atomic E-state index is 13.0. The van der Waals surface area contributed by atoms with E-state index in [9.17, 15) is 8.42 Å². The number of piperazine rings is 1. The summed E-state index contributed by atoms with van der Waals surface area (Å²) in [6, 6.07) is 13.5. The van der Waals surface area contributed by atoms with Crippen LogP contribution in [-0.2, 0) is 22.9 Å². The van der Waals surface area contributed by atoms with Crippen LogP contribution in [-0.4, -0.2) is 62.6 Å². The molecule has 0 spiro atoms. The van der Waals surface area contributed by atoms with Gasteiger partial charge in [-0.25, -0.2) is 23.1 Å². The molecule has 2 N–H and O–H groups in total. The molecule has 2 heterocycles. The highest BCUT2D eigenvalue weighted by atomic mass is 35.5. The second kappa shape index (κ2) is 11.6. The van der Waals surface area contributed by atoms with Crippen LogP contribution in [0, 0.1) is 0 Å². The fourth-order valence-corrected chi connectivity index (χ4v) is 6.47. The lowest BCUT2D eigenvalue weighted by molar-refractivity contribution is 0.313. The number of hydrogen-bond acceptors (Lipinski definition) is 7. The number of sulfonamides is 1. The summed E-state index contributed by atoms with van der Waals surface area (Å²) in [4.78, 5) is 14.1. The van der Waals surface area contributed by atoms with Crippen molar-refractivity contribution < 1.29 is 8.42 Å². The van der Waals surface area contributed by atoms with E-state index in [-0.39, 0.29) is 10.9 Å². The number of aromatic nitrogens is 2. The zero-order valence-electron chi connectivity index (χ0n) is 22.0. The van der Waals surface area contributed by atoms with Crippen LogP contribution in [0.4, 0.5) is 17.2 Å². The van der Waals surface area contributed by atoms with E-state index in [1.807, 2.05) is 0 Å². The van der Waals surface area contributed by atoms with Crippen molar-refractivity contribution in [3.8, 4) is 0 Å². The molecule has 8 nitrogen and oxygen atoms in total. The Labute approximate surface area is 230 Å². The molecule has 0 radical (unpaired) electrons. The van der Waals surface area contributed by atoms with E-state index in [1.165, 1.54) is 16.8 Å². The minimum absolute atomic E-state index is 0.00213. The van der Waals surface area contributed by atoms with E-state index < -0.39 is 10.0 Å². The summed E-state index contributed by atoms with van der Waals surface area (Å²) in [5.74, 6) is 1.00. The fraction of sp³-hybridized carbons (Fsp3) is 0.429. The highest BCUT2D eigenvalue weighted by molar-refractivity contribution is 7.89. The highest BCUT2D eigenvalue weighted by Gasteiger charge is 2.26. The second-order valence-electron chi connectivity index (χ2n) is 10.1. The quantitative estimate of drug-likeness (QED) is 0.399. The molecule has 0 unspecified atom stereocenters. The van der Waals surface area contributed by atoms with Gasteiger partial charge in [0.2, 0.25) is 10.0 Å². The van der Waals surface area contributed by atoms with Crippen molar-refractivity contribution in [3.05, 3.63) is 70.6 Å². The zero-order chi connectivity index (χ0) is 26.7. The topological polar surface area (TPSA) is 90.5 Å². The first-order chi connectivity index (χ1) is 18.3. The van der Waals surface area contributed by atoms with Gasteiger partial charge in [0, 0.05) is 44.3 Å². The highest BCUT2D eigenvalue weighted by Crippen LogP contribution is 2.30. The van der Waals surface area contributed by atoms with E-state index in [0.29, 0.717) is 28.8 Å². The normalized spacial score (nSPS) is 16.9. The van der Waals surface area contributed by atoms with Crippen LogP contribution < -0.4 is 14.9 Å². The number of benzene rings is 2. The molecule has 1 saturated heterocycles. The maximum Gasteiger partial charge on any atom is 0.242 e. The summed E-state index contributed by atoms with van der Waals surface area (Å²) in [6.07, 6.45) is 5.82. The Balaban J connectivity index is 1.36. The summed E-state index contributed by atoms with van der Waals surface area (Å²) >= 11 is 6.45. The second-order valence-corrected chi connectivity index (χ2v) is 12.2. The lowest BCUT2D eigenvalue weighted by Gasteiger charge is -2.34. The third-order valence-corrected chi connectivity index (χ3v) is 9.29. The van der Waals surface area contributed by atoms with Gasteiger partial charge in [-0.3, -0.25) is 0 Å². The Morgan fingerprint density at radius 1 is 1.05 bits per heavy atom. The van der Waals surface area contributed by atoms with Crippen LogP contribution in [0.2, 0.25) is 5.02 Å². The van der Waals surface area contributed by atoms with Crippen molar-refractivity contribution in [2.75, 3.05) is 43.4 Å². The molecule has 202 valence electrons. The van der Waals surface area contributed by atoms with Crippen molar-refractivity contribution in [1.82, 2.24) is 19.6 Å². The van der Waals surface area contributed by atoms with Gasteiger partial charge in [0.25, 0.3) is 0 Å². The van der Waals surface area contributed by atoms with Gasteiger partial charge in [0.1, 0.15) is 15.7 Å². The summed E-state index contributed by atoms with van der Waals surface area (Å²) in [6.45, 7) is 6.36. The smallest absolute Gasteiger partial charge is 0.242 e. The lowest BCUT2D eigenvalue weighted by Crippen LogP contribution is -2.44. The lowest BCUT2D eigenvalue weighted by atomic mass is 9.94. The number of likely N-dealkylation sites (N-methyl/N-ethyl adjacent to an activating group) is 1. The Bertz CT molecular complexity index is 1390. The van der Waals surface area contributed by atoms with E-state index >= 15 is 0 Å². The van der Waals surface area contributed by atoms with Gasteiger partial charge in [-0.1, -0.05) is 43.1 Å². The number of aryl methyl sites for hydroxylation is 1. The number of nitrogens with zero attached hydrogens (tertiary/aromatic N) is 4. The Hall–Kier alpha value is -2.72. The van der Waals surface area contributed by atoms with Crippen LogP contribution in [0.5, 0.6) is 0 Å². The summed E-state index contributed by atoms with van der Waals surface area (Å²) in [5.41, 5.74) is 4.13. The average Bonchev–Trinajstić information content (AvgIpc) is 2.89. The fourth-order valence-electron chi connectivity index (χ4n) is 4.86. The molecular weight excluding hydrogens is 520 g/mol. The summed E-state index contributed by atoms with van der Waals surface area (Å²) in [7, 11) is -1.51. The number of halogens is 1. The molecule has 3 aromatic rings. The van der Waals surface area contributed by atoms with Crippen molar-refractivity contribution >= 4 is 38.8 Å². The van der Waals surface area contributed by atoms with Gasteiger partial charge in [-0.2, -0.15) is 0 Å². The Kier molecular flexibility index (Phi) is 8.18. The molecule has 0 atom stereocenters. The van der Waals surface area contributed by atoms with E-state index in [0.717, 1.165) is 51.9 Å². The van der Waals surface area contributed by atoms with Crippen LogP contribution >= 0.6 is 11.6 Å². The van der Waals surface area contributed by atoms with Crippen LogP contribution in [0.25, 0.3) is 0 Å². The maximum atomic E-state index is 13.0. The minimum atomic E-state index is -3.67. The van der Waals surface area contributed by atoms with Gasteiger partial charge in [0.15, 0.2) is 5.82 Å². The molecule has 2 aromatic carbocycles. The monoisotopic (exact) mass is 554 g/mol. The zero-order valence-corrected chi connectivity index (χ0v) is 23.5. The van der Waals surface area contributed by atoms with Crippen molar-refractivity contribution in [2.24, 2.45) is 0 Å². The average molecular weight is 555 g/mol. The molecule has 0 bridgehead atoms. The summed E-state index contributed by atoms with van der Waals surface area (Å²) in [5, 5.41) is 3.48. The SMILES string of the molecule is CCc1cc(N2CCN(C)CC2)ccc1Cc1ncc(Cl)c(Nc2ccccc2S(=O)(=O)NC2CCC2)n1. The molecule has 1 saturated carbocycles. The predicted octanol–water partition coefficient (Wildman–Crippen LogP) is 4.61. The van der Waals surface area contributed by atoms with Gasteiger partial charge in [-0.05, 0) is 61.7 Å². The van der Waals surface area contributed by atoms with Gasteiger partial charge in [0.05, 0.1) is 11.9 Å². The van der Waals surface area contributed by atoms with Crippen molar-refractivity contribution in [2.45, 2.75) is 50.0 Å². The molecule has 1 aliphatic heterocycles. The summed E-state index contributed by atoms with van der Waals surface area (Å²) < 4.78 is 28.9. The Morgan fingerprint density at radius 2 is 1.82 bits per heavy atom. The van der Waals surface area contributed by atoms with Gasteiger partial charge in [-0.15, -0.1) is 0 Å². The molecule has 1 aromatic heterocycles. The number of anilines is 3. The predicted molar refractivity (Wildman–Crippen MR) is 153 cm³/mol. The van der Waals surface area contributed by atoms with E-state index in [2.05, 4.69) is 62.0 Å². The molecule has 10 heteroatoms. The molecule has 5 rings (SSSR count). The first-order valence-corrected chi connectivity index (χ1v) is 15.1. The Morgan fingerprint density at radius 3 is 2.53 bits per heavy atom. The van der Waals surface area contributed by atoms with Crippen LogP contribution in [0.3, 0.4) is 0 Å². The largest absolute Gasteiger partial charge is 0.369 e. The molecule has 0 amide bonds. The molecule has 38 heavy (non-hydrogen) atoms. The molecule has 1 aliphatic carbocycles. The molecular formula is C28H35ClN6O2S. The standard InChI is InChI=1S/C28H35ClN6O2S/c1-3-20-17-23(35-15-13-34(2)14-16-35)12-11-21(20)18-27-30-19-24(29)28(32-27)31-25-9-4-5-10-26(25)38(36,37)33-22-7-6-8-22/h4-5,9-12,17,19,22,33H,3,6-8,13-16,18H2,1-2H3,(H,30,31,32). The minimum Gasteiger partial charge on any atom is -0.369 e. The third kappa shape index (κ3) is 6.12. The van der Waals surface area contributed by atoms with Gasteiger partial charge >= 0.3 is 0 Å². The number of rotatable bonds is 9. The molecule has 2 aliphatic rings. The van der Waals surface area contributed by atoms with Crippen LogP contribution in [0.15, 0.2) is 53.6 Å². The first-order valence-electron chi connectivity index (χ1n) is 13.3. The first kappa shape index (κ1) is 26.9. The third-order valence-electron chi connectivity index (χ3n) is 7.44. The van der Waals surface area contributed by atoms with E-state index in [4.69, 9.17) is 11.6 Å². The van der Waals surface area contributed by atoms with Crippen LogP contribution in [0.1, 0.15) is 43.1 Å². The van der Waals surface area contributed by atoms with Crippen molar-refractivity contribution in [3.63, 3.8) is 0 Å².